The van der Waals surface area contributed by atoms with Crippen molar-refractivity contribution in [3.63, 3.8) is 0 Å². The van der Waals surface area contributed by atoms with E-state index < -0.39 is 18.6 Å². The van der Waals surface area contributed by atoms with E-state index in [1.54, 1.807) is 6.92 Å². The highest BCUT2D eigenvalue weighted by Crippen LogP contribution is 2.31. The van der Waals surface area contributed by atoms with Crippen LogP contribution in [0.4, 0.5) is 25.3 Å². The number of aliphatic hydroxyl groups excluding tert-OH is 1. The number of anilines is 2. The average molecular weight is 425 g/mol. The molecular weight excluding hydrogens is 400 g/mol. The van der Waals surface area contributed by atoms with Crippen molar-refractivity contribution < 1.29 is 28.2 Å². The molecule has 3 rings (SSSR count). The first-order chi connectivity index (χ1) is 14.2. The van der Waals surface area contributed by atoms with Crippen LogP contribution in [0.5, 0.6) is 0 Å². The summed E-state index contributed by atoms with van der Waals surface area (Å²) in [5, 5.41) is 29.1. The number of hydrogen-bond donors (Lipinski definition) is 3. The molecule has 3 N–H and O–H groups in total. The van der Waals surface area contributed by atoms with E-state index in [1.165, 1.54) is 24.0 Å². The van der Waals surface area contributed by atoms with Gasteiger partial charge in [-0.2, -0.15) is 0 Å². The maximum Gasteiger partial charge on any atom is 0.407 e. The fourth-order valence-corrected chi connectivity index (χ4v) is 3.49. The molecule has 0 unspecified atom stereocenters. The molecule has 164 valence electrons. The number of rotatable bonds is 6. The lowest BCUT2D eigenvalue weighted by molar-refractivity contribution is 0.0709. The van der Waals surface area contributed by atoms with Crippen LogP contribution in [-0.4, -0.2) is 62.0 Å². The topological polar surface area (TPSA) is 115 Å². The zero-order valence-electron chi connectivity index (χ0n) is 17.0. The number of halogens is 2. The van der Waals surface area contributed by atoms with Crippen molar-refractivity contribution in [2.24, 2.45) is 0 Å². The average Bonchev–Trinajstić information content (AvgIpc) is 3.13. The van der Waals surface area contributed by atoms with Crippen molar-refractivity contribution in [3.05, 3.63) is 34.7 Å². The number of carbonyl (C=O) groups is 1. The van der Waals surface area contributed by atoms with Crippen molar-refractivity contribution in [1.29, 1.82) is 0 Å². The number of amides is 1. The molecule has 0 radical (unpaired) electrons. The van der Waals surface area contributed by atoms with E-state index in [1.807, 2.05) is 11.8 Å². The van der Waals surface area contributed by atoms with E-state index in [9.17, 15) is 23.8 Å². The Labute approximate surface area is 172 Å². The maximum absolute atomic E-state index is 13.5. The van der Waals surface area contributed by atoms with E-state index in [2.05, 4.69) is 15.5 Å². The Kier molecular flexibility index (Phi) is 6.52. The summed E-state index contributed by atoms with van der Waals surface area (Å²) in [4.78, 5) is 14.7. The number of carboxylic acid groups (broad SMARTS) is 1. The van der Waals surface area contributed by atoms with Crippen molar-refractivity contribution in [1.82, 2.24) is 20.0 Å². The van der Waals surface area contributed by atoms with Gasteiger partial charge in [0.2, 0.25) is 5.89 Å². The van der Waals surface area contributed by atoms with Gasteiger partial charge in [-0.3, -0.25) is 4.90 Å². The van der Waals surface area contributed by atoms with E-state index in [4.69, 9.17) is 4.42 Å². The molecular formula is C19H25F2N5O4. The molecule has 0 saturated carbocycles. The van der Waals surface area contributed by atoms with Gasteiger partial charge in [-0.25, -0.2) is 13.6 Å². The van der Waals surface area contributed by atoms with E-state index >= 15 is 0 Å². The van der Waals surface area contributed by atoms with Crippen LogP contribution in [0.1, 0.15) is 49.0 Å². The summed E-state index contributed by atoms with van der Waals surface area (Å²) in [7, 11) is 0. The SMILES string of the molecule is Cc1c(CN2CCN(C(=O)O)[C@@H](C)C2)cc(C(F)F)cc1Nc1nnc([C@H](C)O)o1. The molecule has 1 aliphatic rings. The highest BCUT2D eigenvalue weighted by Gasteiger charge is 2.27. The second kappa shape index (κ2) is 8.92. The van der Waals surface area contributed by atoms with E-state index in [-0.39, 0.29) is 23.5 Å². The summed E-state index contributed by atoms with van der Waals surface area (Å²) in [6.45, 7) is 6.89. The number of aromatic nitrogens is 2. The summed E-state index contributed by atoms with van der Waals surface area (Å²) in [6, 6.07) is 2.61. The van der Waals surface area contributed by atoms with Crippen molar-refractivity contribution in [3.8, 4) is 0 Å². The molecule has 1 fully saturated rings. The lowest BCUT2D eigenvalue weighted by Gasteiger charge is -2.38. The molecule has 2 aromatic rings. The number of piperazine rings is 1. The van der Waals surface area contributed by atoms with Crippen LogP contribution in [0.25, 0.3) is 0 Å². The van der Waals surface area contributed by atoms with Gasteiger partial charge in [0, 0.05) is 43.5 Å². The van der Waals surface area contributed by atoms with Crippen LogP contribution in [0.3, 0.4) is 0 Å². The van der Waals surface area contributed by atoms with Gasteiger partial charge in [0.1, 0.15) is 6.10 Å². The Hall–Kier alpha value is -2.79. The second-order valence-corrected chi connectivity index (χ2v) is 7.46. The second-order valence-electron chi connectivity index (χ2n) is 7.46. The highest BCUT2D eigenvalue weighted by molar-refractivity contribution is 5.65. The van der Waals surface area contributed by atoms with Crippen molar-refractivity contribution in [2.75, 3.05) is 25.0 Å². The quantitative estimate of drug-likeness (QED) is 0.646. The molecule has 1 amide bonds. The monoisotopic (exact) mass is 425 g/mol. The van der Waals surface area contributed by atoms with Gasteiger partial charge < -0.3 is 24.8 Å². The minimum Gasteiger partial charge on any atom is -0.465 e. The number of aliphatic hydroxyl groups is 1. The van der Waals surface area contributed by atoms with Gasteiger partial charge in [0.15, 0.2) is 0 Å². The third-order valence-corrected chi connectivity index (χ3v) is 5.18. The molecule has 0 spiro atoms. The largest absolute Gasteiger partial charge is 0.465 e. The number of alkyl halides is 2. The molecule has 0 aliphatic carbocycles. The van der Waals surface area contributed by atoms with Gasteiger partial charge in [0.05, 0.1) is 0 Å². The first-order valence-electron chi connectivity index (χ1n) is 9.57. The minimum atomic E-state index is -2.66. The van der Waals surface area contributed by atoms with Gasteiger partial charge in [0.25, 0.3) is 6.43 Å². The fraction of sp³-hybridized carbons (Fsp3) is 0.526. The number of nitrogens with zero attached hydrogens (tertiary/aromatic N) is 4. The standard InChI is InChI=1S/C19H25F2N5O4/c1-10-8-25(4-5-26(10)19(28)29)9-14-6-13(16(20)21)7-15(11(14)2)22-18-24-23-17(30-18)12(3)27/h6-7,10,12,16,27H,4-5,8-9H2,1-3H3,(H,22,24)(H,28,29)/t10-,12-/m0/s1. The van der Waals surface area contributed by atoms with Crippen molar-refractivity contribution >= 4 is 17.8 Å². The summed E-state index contributed by atoms with van der Waals surface area (Å²) in [5.74, 6) is 0.0191. The molecule has 1 aromatic carbocycles. The van der Waals surface area contributed by atoms with Crippen LogP contribution in [0.15, 0.2) is 16.5 Å². The Morgan fingerprint density at radius 3 is 2.67 bits per heavy atom. The lowest BCUT2D eigenvalue weighted by atomic mass is 10.0. The predicted molar refractivity (Wildman–Crippen MR) is 104 cm³/mol. The minimum absolute atomic E-state index is 0.00457. The van der Waals surface area contributed by atoms with Gasteiger partial charge in [-0.05, 0) is 44.0 Å². The zero-order chi connectivity index (χ0) is 22.0. The van der Waals surface area contributed by atoms with Crippen LogP contribution in [0.2, 0.25) is 0 Å². The molecule has 1 aliphatic heterocycles. The van der Waals surface area contributed by atoms with E-state index in [0.717, 1.165) is 5.56 Å². The number of benzene rings is 1. The highest BCUT2D eigenvalue weighted by atomic mass is 19.3. The van der Waals surface area contributed by atoms with Crippen molar-refractivity contribution in [2.45, 2.75) is 45.9 Å². The smallest absolute Gasteiger partial charge is 0.407 e. The van der Waals surface area contributed by atoms with Crippen LogP contribution < -0.4 is 5.32 Å². The van der Waals surface area contributed by atoms with Crippen LogP contribution in [-0.2, 0) is 6.54 Å². The summed E-state index contributed by atoms with van der Waals surface area (Å²) < 4.78 is 32.3. The van der Waals surface area contributed by atoms with Gasteiger partial charge in [-0.1, -0.05) is 5.10 Å². The number of nitrogens with one attached hydrogen (secondary N) is 1. The molecule has 0 bridgehead atoms. The summed E-state index contributed by atoms with van der Waals surface area (Å²) >= 11 is 0. The Morgan fingerprint density at radius 2 is 2.10 bits per heavy atom. The Balaban J connectivity index is 1.83. The maximum atomic E-state index is 13.5. The zero-order valence-corrected chi connectivity index (χ0v) is 17.0. The van der Waals surface area contributed by atoms with Crippen LogP contribution >= 0.6 is 0 Å². The van der Waals surface area contributed by atoms with Gasteiger partial charge >= 0.3 is 12.1 Å². The third-order valence-electron chi connectivity index (χ3n) is 5.18. The third kappa shape index (κ3) is 4.85. The molecule has 11 heteroatoms. The molecule has 30 heavy (non-hydrogen) atoms. The first kappa shape index (κ1) is 21.9. The molecule has 2 heterocycles. The normalized spacial score (nSPS) is 18.6. The molecule has 1 aromatic heterocycles. The summed E-state index contributed by atoms with van der Waals surface area (Å²) in [5.41, 5.74) is 1.69. The van der Waals surface area contributed by atoms with E-state index in [0.29, 0.717) is 37.4 Å². The fourth-order valence-electron chi connectivity index (χ4n) is 3.49. The summed E-state index contributed by atoms with van der Waals surface area (Å²) in [6.07, 6.45) is -4.56. The molecule has 2 atom stereocenters. The predicted octanol–water partition coefficient (Wildman–Crippen LogP) is 3.30. The Bertz CT molecular complexity index is 905. The Morgan fingerprint density at radius 1 is 1.37 bits per heavy atom. The number of hydrogen-bond acceptors (Lipinski definition) is 7. The molecule has 1 saturated heterocycles. The molecule has 9 nitrogen and oxygen atoms in total. The van der Waals surface area contributed by atoms with Gasteiger partial charge in [-0.15, -0.1) is 5.10 Å². The lowest BCUT2D eigenvalue weighted by Crippen LogP contribution is -2.53. The first-order valence-corrected chi connectivity index (χ1v) is 9.57. The van der Waals surface area contributed by atoms with Crippen LogP contribution in [0, 0.1) is 6.92 Å².